The standard InChI is InChI=1S/C23H49O14P/c1-3-27-6-7-29-10-11-32-16-18-34-20-22-36-38(24,25)37-23-21-35-19-17-33-15-14-31-13-12-30-9-8-28-5-4-26-2/h3-23H2,1-2H3,(H,24,25). The van der Waals surface area contributed by atoms with E-state index in [1.165, 1.54) is 0 Å². The Kier molecular flexibility index (Phi) is 31.0. The Hall–Kier alpha value is -0.290. The van der Waals surface area contributed by atoms with E-state index in [0.717, 1.165) is 0 Å². The fourth-order valence-corrected chi connectivity index (χ4v) is 3.07. The van der Waals surface area contributed by atoms with Gasteiger partial charge in [0.25, 0.3) is 0 Å². The molecule has 0 fully saturated rings. The molecule has 0 bridgehead atoms. The van der Waals surface area contributed by atoms with Gasteiger partial charge < -0.3 is 52.3 Å². The summed E-state index contributed by atoms with van der Waals surface area (Å²) in [6.45, 7) is 10.2. The third-order valence-corrected chi connectivity index (χ3v) is 5.22. The van der Waals surface area contributed by atoms with Crippen LogP contribution in [0, 0.1) is 0 Å². The van der Waals surface area contributed by atoms with E-state index in [2.05, 4.69) is 0 Å². The molecule has 0 radical (unpaired) electrons. The third kappa shape index (κ3) is 31.9. The topological polar surface area (TPSA) is 148 Å². The lowest BCUT2D eigenvalue weighted by Crippen LogP contribution is -2.14. The van der Waals surface area contributed by atoms with Crippen LogP contribution in [0.15, 0.2) is 0 Å². The molecule has 0 aromatic carbocycles. The maximum atomic E-state index is 11.8. The highest BCUT2D eigenvalue weighted by molar-refractivity contribution is 7.47. The number of hydrogen-bond acceptors (Lipinski definition) is 13. The highest BCUT2D eigenvalue weighted by Gasteiger charge is 2.20. The van der Waals surface area contributed by atoms with Crippen LogP contribution in [0.1, 0.15) is 6.92 Å². The van der Waals surface area contributed by atoms with Crippen molar-refractivity contribution in [2.24, 2.45) is 0 Å². The lowest BCUT2D eigenvalue weighted by molar-refractivity contribution is -0.0169. The number of rotatable bonds is 33. The van der Waals surface area contributed by atoms with Crippen LogP contribution in [0.4, 0.5) is 0 Å². The van der Waals surface area contributed by atoms with E-state index in [1.807, 2.05) is 6.92 Å². The third-order valence-electron chi connectivity index (χ3n) is 4.20. The summed E-state index contributed by atoms with van der Waals surface area (Å²) in [4.78, 5) is 9.62. The molecule has 0 aliphatic rings. The second-order valence-corrected chi connectivity index (χ2v) is 8.68. The van der Waals surface area contributed by atoms with Crippen LogP contribution < -0.4 is 0 Å². The Bertz CT molecular complexity index is 503. The molecule has 1 unspecified atom stereocenters. The van der Waals surface area contributed by atoms with Crippen molar-refractivity contribution < 1.29 is 65.9 Å². The van der Waals surface area contributed by atoms with Crippen LogP contribution in [-0.4, -0.2) is 151 Å². The van der Waals surface area contributed by atoms with Gasteiger partial charge in [0.05, 0.1) is 132 Å². The Morgan fingerprint density at radius 1 is 0.421 bits per heavy atom. The lowest BCUT2D eigenvalue weighted by Gasteiger charge is -2.12. The van der Waals surface area contributed by atoms with Gasteiger partial charge in [-0.15, -0.1) is 0 Å². The maximum absolute atomic E-state index is 11.8. The van der Waals surface area contributed by atoms with Crippen LogP contribution in [0.3, 0.4) is 0 Å². The van der Waals surface area contributed by atoms with Crippen molar-refractivity contribution in [3.05, 3.63) is 0 Å². The molecule has 1 N–H and O–H groups in total. The number of ether oxygens (including phenoxy) is 10. The van der Waals surface area contributed by atoms with E-state index in [9.17, 15) is 9.46 Å². The predicted molar refractivity (Wildman–Crippen MR) is 137 cm³/mol. The molecule has 0 aromatic heterocycles. The molecule has 0 amide bonds. The van der Waals surface area contributed by atoms with Crippen molar-refractivity contribution >= 4 is 7.82 Å². The van der Waals surface area contributed by atoms with E-state index in [0.29, 0.717) is 112 Å². The van der Waals surface area contributed by atoms with Crippen LogP contribution in [-0.2, 0) is 61.0 Å². The molecule has 38 heavy (non-hydrogen) atoms. The molecule has 230 valence electrons. The minimum atomic E-state index is -4.15. The fraction of sp³-hybridized carbons (Fsp3) is 1.00. The molecule has 0 aromatic rings. The molecule has 15 heteroatoms. The monoisotopic (exact) mass is 580 g/mol. The number of phosphoric acid groups is 1. The summed E-state index contributed by atoms with van der Waals surface area (Å²) in [5.74, 6) is 0. The van der Waals surface area contributed by atoms with Gasteiger partial charge in [-0.25, -0.2) is 4.57 Å². The summed E-state index contributed by atoms with van der Waals surface area (Å²) >= 11 is 0. The van der Waals surface area contributed by atoms with Crippen LogP contribution in [0.25, 0.3) is 0 Å². The quantitative estimate of drug-likeness (QED) is 0.0867. The highest BCUT2D eigenvalue weighted by Crippen LogP contribution is 2.42. The average molecular weight is 581 g/mol. The molecule has 0 heterocycles. The first kappa shape index (κ1) is 37.7. The second kappa shape index (κ2) is 31.2. The molecular weight excluding hydrogens is 531 g/mol. The van der Waals surface area contributed by atoms with E-state index in [4.69, 9.17) is 56.4 Å². The van der Waals surface area contributed by atoms with Gasteiger partial charge in [0.1, 0.15) is 0 Å². The van der Waals surface area contributed by atoms with Gasteiger partial charge in [-0.05, 0) is 6.92 Å². The zero-order valence-electron chi connectivity index (χ0n) is 23.1. The first-order valence-electron chi connectivity index (χ1n) is 12.9. The summed E-state index contributed by atoms with van der Waals surface area (Å²) in [6, 6.07) is 0. The molecular formula is C23H49O14P. The fourth-order valence-electron chi connectivity index (χ4n) is 2.39. The average Bonchev–Trinajstić information content (AvgIpc) is 2.90. The highest BCUT2D eigenvalue weighted by atomic mass is 31.2. The summed E-state index contributed by atoms with van der Waals surface area (Å²) in [6.07, 6.45) is 0. The van der Waals surface area contributed by atoms with Crippen LogP contribution >= 0.6 is 7.82 Å². The first-order chi connectivity index (χ1) is 18.6. The molecule has 0 aliphatic heterocycles. The smallest absolute Gasteiger partial charge is 0.382 e. The number of phosphoric ester groups is 1. The van der Waals surface area contributed by atoms with Crippen molar-refractivity contribution in [3.8, 4) is 0 Å². The van der Waals surface area contributed by atoms with Gasteiger partial charge in [0, 0.05) is 13.7 Å². The molecule has 1 atom stereocenters. The van der Waals surface area contributed by atoms with Gasteiger partial charge in [-0.1, -0.05) is 0 Å². The van der Waals surface area contributed by atoms with E-state index in [-0.39, 0.29) is 26.4 Å². The Morgan fingerprint density at radius 2 is 0.658 bits per heavy atom. The van der Waals surface area contributed by atoms with Crippen LogP contribution in [0.5, 0.6) is 0 Å². The summed E-state index contributed by atoms with van der Waals surface area (Å²) in [5, 5.41) is 0. The number of methoxy groups -OCH3 is 1. The zero-order valence-corrected chi connectivity index (χ0v) is 23.9. The zero-order chi connectivity index (χ0) is 27.8. The van der Waals surface area contributed by atoms with Crippen LogP contribution in [0.2, 0.25) is 0 Å². The van der Waals surface area contributed by atoms with Gasteiger partial charge in [-0.2, -0.15) is 0 Å². The van der Waals surface area contributed by atoms with Gasteiger partial charge in [0.15, 0.2) is 0 Å². The summed E-state index contributed by atoms with van der Waals surface area (Å²) in [5.41, 5.74) is 0. The van der Waals surface area contributed by atoms with Gasteiger partial charge >= 0.3 is 7.82 Å². The van der Waals surface area contributed by atoms with E-state index >= 15 is 0 Å². The normalized spacial score (nSPS) is 13.2. The Morgan fingerprint density at radius 3 is 0.921 bits per heavy atom. The summed E-state index contributed by atoms with van der Waals surface area (Å²) in [7, 11) is -2.53. The maximum Gasteiger partial charge on any atom is 0.472 e. The Balaban J connectivity index is 3.26. The van der Waals surface area contributed by atoms with Gasteiger partial charge in [0.2, 0.25) is 0 Å². The van der Waals surface area contributed by atoms with Gasteiger partial charge in [-0.3, -0.25) is 9.05 Å². The molecule has 0 saturated carbocycles. The molecule has 0 aliphatic carbocycles. The SMILES string of the molecule is CCOCCOCCOCCOCCOP(=O)(O)OCCOCCOCCOCCOCCOCCOC. The van der Waals surface area contributed by atoms with Crippen molar-refractivity contribution in [1.82, 2.24) is 0 Å². The Labute approximate surface area is 226 Å². The first-order valence-corrected chi connectivity index (χ1v) is 14.4. The van der Waals surface area contributed by atoms with Crippen molar-refractivity contribution in [2.75, 3.05) is 146 Å². The predicted octanol–water partition coefficient (Wildman–Crippen LogP) is 0.936. The number of hydrogen-bond donors (Lipinski definition) is 1. The van der Waals surface area contributed by atoms with Crippen molar-refractivity contribution in [1.29, 1.82) is 0 Å². The lowest BCUT2D eigenvalue weighted by atomic mass is 10.7. The second-order valence-electron chi connectivity index (χ2n) is 7.22. The van der Waals surface area contributed by atoms with E-state index in [1.54, 1.807) is 7.11 Å². The van der Waals surface area contributed by atoms with Crippen molar-refractivity contribution in [3.63, 3.8) is 0 Å². The molecule has 14 nitrogen and oxygen atoms in total. The molecule has 0 saturated heterocycles. The minimum Gasteiger partial charge on any atom is -0.382 e. The molecule has 0 rings (SSSR count). The van der Waals surface area contributed by atoms with E-state index < -0.39 is 7.82 Å². The molecule has 0 spiro atoms. The largest absolute Gasteiger partial charge is 0.472 e. The minimum absolute atomic E-state index is 0.0828. The van der Waals surface area contributed by atoms with Crippen molar-refractivity contribution in [2.45, 2.75) is 6.92 Å². The summed E-state index contributed by atoms with van der Waals surface area (Å²) < 4.78 is 74.0.